The third kappa shape index (κ3) is 17.4. The summed E-state index contributed by atoms with van der Waals surface area (Å²) in [4.78, 5) is 65.0. The van der Waals surface area contributed by atoms with E-state index in [0.29, 0.717) is 57.0 Å². The molecule has 0 spiro atoms. The zero-order valence-corrected chi connectivity index (χ0v) is 63.4. The number of fused-ring (bicyclic) bond motifs is 6. The number of phenols is 1. The number of aromatic hydroxyl groups is 1. The van der Waals surface area contributed by atoms with Crippen LogP contribution in [0.1, 0.15) is 92.1 Å². The highest BCUT2D eigenvalue weighted by Crippen LogP contribution is 2.49. The number of aromatic nitrogens is 3. The Kier molecular flexibility index (Phi) is 23.4. The molecule has 7 N–H and O–H groups in total. The predicted octanol–water partition coefficient (Wildman–Crippen LogP) is 18.4. The Hall–Kier alpha value is -8.62. The van der Waals surface area contributed by atoms with Crippen LogP contribution in [0, 0.1) is 0 Å². The second kappa shape index (κ2) is 33.2. The lowest BCUT2D eigenvalue weighted by molar-refractivity contribution is -0.116. The smallest absolute Gasteiger partial charge is 0.226 e. The van der Waals surface area contributed by atoms with Crippen molar-refractivity contribution in [2.45, 2.75) is 118 Å². The van der Waals surface area contributed by atoms with E-state index >= 15 is 0 Å². The monoisotopic (exact) mass is 1470 g/mol. The van der Waals surface area contributed by atoms with Crippen molar-refractivity contribution in [3.63, 3.8) is 0 Å². The number of phenolic OH excluding ortho intramolecular Hbond substituents is 1. The maximum absolute atomic E-state index is 13.0. The molecule has 0 aliphatic carbocycles. The fourth-order valence-corrected chi connectivity index (χ4v) is 20.1. The Balaban J connectivity index is 0.000000137. The normalized spacial score (nSPS) is 13.8. The van der Waals surface area contributed by atoms with Crippen LogP contribution in [0.5, 0.6) is 11.5 Å². The molecule has 15 rings (SSSR count). The molecule has 17 nitrogen and oxygen atoms in total. The van der Waals surface area contributed by atoms with Crippen molar-refractivity contribution in [2.24, 2.45) is 0 Å². The van der Waals surface area contributed by atoms with E-state index in [-0.39, 0.29) is 23.5 Å². The van der Waals surface area contributed by atoms with Gasteiger partial charge in [-0.25, -0.2) is 15.0 Å². The minimum absolute atomic E-state index is 0.00192. The van der Waals surface area contributed by atoms with Gasteiger partial charge in [0.15, 0.2) is 0 Å². The number of methoxy groups -OCH3 is 1. The number of nitrogens with one attached hydrogen (secondary N) is 6. The molecule has 0 saturated heterocycles. The summed E-state index contributed by atoms with van der Waals surface area (Å²) in [7, 11) is 1.65. The molecule has 0 saturated carbocycles. The Bertz CT molecular complexity index is 4800. The van der Waals surface area contributed by atoms with E-state index in [1.807, 2.05) is 97.1 Å². The molecule has 9 heterocycles. The maximum Gasteiger partial charge on any atom is 0.226 e. The summed E-state index contributed by atoms with van der Waals surface area (Å²) in [6, 6.07) is 50.8. The lowest BCUT2D eigenvalue weighted by Crippen LogP contribution is -2.35. The molecule has 528 valence electrons. The summed E-state index contributed by atoms with van der Waals surface area (Å²) < 4.78 is 8.78. The molecule has 0 unspecified atom stereocenters. The quantitative estimate of drug-likeness (QED) is 0.0338. The summed E-state index contributed by atoms with van der Waals surface area (Å²) in [6.07, 6.45) is 4.04. The van der Waals surface area contributed by atoms with Crippen LogP contribution in [-0.4, -0.2) is 117 Å². The van der Waals surface area contributed by atoms with Crippen LogP contribution in [0.2, 0.25) is 0 Å². The van der Waals surface area contributed by atoms with Crippen molar-refractivity contribution >= 4 is 148 Å². The number of amides is 3. The van der Waals surface area contributed by atoms with Crippen LogP contribution >= 0.6 is 68.0 Å². The van der Waals surface area contributed by atoms with Crippen molar-refractivity contribution in [2.75, 3.05) is 78.3 Å². The molecule has 6 aromatic carbocycles. The van der Waals surface area contributed by atoms with E-state index in [1.165, 1.54) is 40.7 Å². The molecular formula is C79H86N12O5S6. The van der Waals surface area contributed by atoms with E-state index in [1.54, 1.807) is 93.3 Å². The molecule has 3 aliphatic rings. The number of hydrogen-bond donors (Lipinski definition) is 7. The van der Waals surface area contributed by atoms with Gasteiger partial charge in [0.25, 0.3) is 0 Å². The lowest BCUT2D eigenvalue weighted by atomic mass is 10.0. The molecule has 0 bridgehead atoms. The number of thiophene rings is 3. The Morgan fingerprint density at radius 3 is 1.14 bits per heavy atom. The second-order valence-corrected chi connectivity index (χ2v) is 32.8. The SMILES string of the molecule is CC(C)N1CCc2c(sc(NC(=O)CCNc3cccc(O)c3)c2-c2nc3ccccc3s2)C1.CC(C)N1CCc2c(sc(NC(=O)CCNc3ccccc3)c2-c2nc3ccccc3s2)C1.COc1cccc(NCCC(=O)Nc2sc3c(c2-c2nc4ccccc4s2)CCN(C(C)C)C3)c1. The molecule has 0 radical (unpaired) electrons. The summed E-state index contributed by atoms with van der Waals surface area (Å²) in [5.74, 6) is 0.991. The summed E-state index contributed by atoms with van der Waals surface area (Å²) >= 11 is 10.2. The van der Waals surface area contributed by atoms with E-state index in [9.17, 15) is 19.5 Å². The number of hydrogen-bond acceptors (Lipinski definition) is 20. The van der Waals surface area contributed by atoms with Gasteiger partial charge in [-0.2, -0.15) is 0 Å². The zero-order chi connectivity index (χ0) is 70.8. The standard InChI is InChI=1S/C27H30N4O2S2.C26H28N4O2S2.C26H28N4OS2/c1-17(2)31-14-12-20-23(16-31)35-27(25(20)26-29-21-9-4-5-10-22(21)34-26)30-24(32)11-13-28-18-7-6-8-19(15-18)33-3;1-16(2)30-13-11-19-22(15-30)34-26(24(19)25-28-20-8-3-4-9-21(20)33-25)29-23(32)10-12-27-17-6-5-7-18(31)14-17;1-17(2)30-15-13-19-22(16-30)33-26(24(19)25-28-20-10-6-7-11-21(20)32-25)29-23(31)12-14-27-18-8-4-3-5-9-18/h4-10,15,17,28H,11-14,16H2,1-3H3,(H,30,32);3-9,14,16,27,31H,10-13,15H2,1-2H3,(H,29,32);3-11,17,27H,12-16H2,1-2H3,(H,29,31). The van der Waals surface area contributed by atoms with Crippen molar-refractivity contribution in [3.05, 3.63) is 183 Å². The van der Waals surface area contributed by atoms with Crippen LogP contribution < -0.4 is 36.6 Å². The van der Waals surface area contributed by atoms with Crippen molar-refractivity contribution in [1.29, 1.82) is 0 Å². The second-order valence-electron chi connectivity index (χ2n) is 26.3. The van der Waals surface area contributed by atoms with Crippen molar-refractivity contribution in [3.8, 4) is 43.2 Å². The third-order valence-electron chi connectivity index (χ3n) is 18.5. The Morgan fingerprint density at radius 2 is 0.775 bits per heavy atom. The molecule has 23 heteroatoms. The minimum Gasteiger partial charge on any atom is -0.508 e. The van der Waals surface area contributed by atoms with Gasteiger partial charge in [0, 0.05) is 157 Å². The van der Waals surface area contributed by atoms with Crippen molar-refractivity contribution < 1.29 is 24.2 Å². The largest absolute Gasteiger partial charge is 0.508 e. The van der Waals surface area contributed by atoms with E-state index in [2.05, 4.69) is 125 Å². The number of nitrogens with zero attached hydrogens (tertiary/aromatic N) is 6. The predicted molar refractivity (Wildman–Crippen MR) is 429 cm³/mol. The third-order valence-corrected chi connectivity index (χ3v) is 25.0. The van der Waals surface area contributed by atoms with E-state index in [4.69, 9.17) is 19.7 Å². The lowest BCUT2D eigenvalue weighted by Gasteiger charge is -2.30. The average Bonchev–Trinajstić information content (AvgIpc) is 1.63. The van der Waals surface area contributed by atoms with E-state index < -0.39 is 0 Å². The Labute approximate surface area is 620 Å². The fraction of sp³-hybridized carbons (Fsp3) is 0.316. The van der Waals surface area contributed by atoms with Gasteiger partial charge in [-0.1, -0.05) is 66.7 Å². The number of anilines is 6. The van der Waals surface area contributed by atoms with Gasteiger partial charge >= 0.3 is 0 Å². The van der Waals surface area contributed by atoms with Gasteiger partial charge in [-0.05, 0) is 150 Å². The first-order valence-electron chi connectivity index (χ1n) is 34.9. The highest BCUT2D eigenvalue weighted by molar-refractivity contribution is 7.24. The number of carbonyl (C=O) groups is 3. The van der Waals surface area contributed by atoms with E-state index in [0.717, 1.165) is 149 Å². The molecule has 6 aromatic heterocycles. The average molecular weight is 1480 g/mol. The van der Waals surface area contributed by atoms with Gasteiger partial charge in [0.1, 0.15) is 41.5 Å². The highest BCUT2D eigenvalue weighted by Gasteiger charge is 2.32. The highest BCUT2D eigenvalue weighted by atomic mass is 32.1. The topological polar surface area (TPSA) is 201 Å². The molecular weight excluding hydrogens is 1390 g/mol. The fourth-order valence-electron chi connectivity index (χ4n) is 12.9. The van der Waals surface area contributed by atoms with Gasteiger partial charge in [0.05, 0.1) is 37.8 Å². The van der Waals surface area contributed by atoms with Crippen LogP contribution in [0.15, 0.2) is 152 Å². The number of carbonyl (C=O) groups excluding carboxylic acids is 3. The van der Waals surface area contributed by atoms with Crippen LogP contribution in [0.4, 0.5) is 32.1 Å². The molecule has 0 fully saturated rings. The Morgan fingerprint density at radius 1 is 0.431 bits per heavy atom. The summed E-state index contributed by atoms with van der Waals surface area (Å²) in [6.45, 7) is 20.9. The van der Waals surface area contributed by atoms with Crippen LogP contribution in [0.3, 0.4) is 0 Å². The molecule has 3 aliphatic heterocycles. The van der Waals surface area contributed by atoms with Gasteiger partial charge in [-0.15, -0.1) is 68.0 Å². The number of thiazole rings is 3. The number of para-hydroxylation sites is 4. The first kappa shape index (κ1) is 71.8. The maximum atomic E-state index is 13.0. The van der Waals surface area contributed by atoms with Gasteiger partial charge in [0.2, 0.25) is 17.7 Å². The molecule has 3 amide bonds. The summed E-state index contributed by atoms with van der Waals surface area (Å²) in [5, 5.41) is 34.8. The first-order chi connectivity index (χ1) is 49.6. The number of benzene rings is 6. The first-order valence-corrected chi connectivity index (χ1v) is 39.8. The van der Waals surface area contributed by atoms with Gasteiger partial charge < -0.3 is 41.7 Å². The molecule has 12 aromatic rings. The number of rotatable bonds is 22. The molecule has 102 heavy (non-hydrogen) atoms. The molecule has 0 atom stereocenters. The summed E-state index contributed by atoms with van der Waals surface area (Å²) in [5.41, 5.74) is 13.1. The zero-order valence-electron chi connectivity index (χ0n) is 58.5. The number of ether oxygens (including phenoxy) is 1. The van der Waals surface area contributed by atoms with Crippen LogP contribution in [-0.2, 0) is 53.3 Å². The minimum atomic E-state index is -0.0330. The van der Waals surface area contributed by atoms with Crippen molar-refractivity contribution in [1.82, 2.24) is 29.7 Å². The van der Waals surface area contributed by atoms with Gasteiger partial charge in [-0.3, -0.25) is 29.1 Å². The van der Waals surface area contributed by atoms with Crippen LogP contribution in [0.25, 0.3) is 62.4 Å².